The van der Waals surface area contributed by atoms with E-state index in [1.807, 2.05) is 13.0 Å². The number of amides is 1. The van der Waals surface area contributed by atoms with Crippen LogP contribution in [0, 0.1) is 19.7 Å². The Balaban J connectivity index is 2.28. The number of carbonyl (C=O) groups is 1. The second kappa shape index (κ2) is 5.48. The number of hydrogen-bond acceptors (Lipinski definition) is 2. The van der Waals surface area contributed by atoms with E-state index in [9.17, 15) is 9.18 Å². The van der Waals surface area contributed by atoms with Crippen molar-refractivity contribution < 1.29 is 9.18 Å². The summed E-state index contributed by atoms with van der Waals surface area (Å²) in [5, 5.41) is 2.68. The molecule has 0 aliphatic rings. The van der Waals surface area contributed by atoms with E-state index in [2.05, 4.69) is 26.2 Å². The van der Waals surface area contributed by atoms with Gasteiger partial charge in [0.2, 0.25) is 0 Å². The van der Waals surface area contributed by atoms with Crippen molar-refractivity contribution in [3.8, 4) is 0 Å². The van der Waals surface area contributed by atoms with Gasteiger partial charge < -0.3 is 5.32 Å². The Hall–Kier alpha value is -1.75. The fourth-order valence-electron chi connectivity index (χ4n) is 1.69. The standard InChI is InChI=1S/C14H12BrFN2O/c1-8-3-4-11(16)6-12(8)14(19)18-13-9(2)5-10(15)7-17-13/h3-7H,1-2H3,(H,17,18,19). The highest BCUT2D eigenvalue weighted by molar-refractivity contribution is 9.10. The van der Waals surface area contributed by atoms with Crippen molar-refractivity contribution in [2.24, 2.45) is 0 Å². The molecule has 1 heterocycles. The van der Waals surface area contributed by atoms with E-state index in [0.717, 1.165) is 10.0 Å². The van der Waals surface area contributed by atoms with Gasteiger partial charge in [-0.05, 0) is 59.1 Å². The van der Waals surface area contributed by atoms with Gasteiger partial charge in [-0.1, -0.05) is 6.07 Å². The van der Waals surface area contributed by atoms with Gasteiger partial charge in [0, 0.05) is 16.2 Å². The molecule has 0 aliphatic carbocycles. The van der Waals surface area contributed by atoms with E-state index in [1.165, 1.54) is 12.1 Å². The van der Waals surface area contributed by atoms with Crippen molar-refractivity contribution in [3.63, 3.8) is 0 Å². The molecule has 0 spiro atoms. The van der Waals surface area contributed by atoms with Crippen LogP contribution in [0.15, 0.2) is 34.9 Å². The van der Waals surface area contributed by atoms with E-state index in [1.54, 1.807) is 19.2 Å². The Labute approximate surface area is 119 Å². The maximum atomic E-state index is 13.2. The van der Waals surface area contributed by atoms with Gasteiger partial charge in [-0.2, -0.15) is 0 Å². The molecular formula is C14H12BrFN2O. The van der Waals surface area contributed by atoms with Gasteiger partial charge in [0.25, 0.3) is 5.91 Å². The van der Waals surface area contributed by atoms with E-state index < -0.39 is 5.82 Å². The molecule has 0 saturated heterocycles. The van der Waals surface area contributed by atoms with E-state index >= 15 is 0 Å². The number of benzene rings is 1. The Morgan fingerprint density at radius 1 is 1.26 bits per heavy atom. The van der Waals surface area contributed by atoms with Crippen molar-refractivity contribution in [2.75, 3.05) is 5.32 Å². The normalized spacial score (nSPS) is 10.3. The molecule has 2 aromatic rings. The van der Waals surface area contributed by atoms with E-state index in [-0.39, 0.29) is 5.91 Å². The third kappa shape index (κ3) is 3.17. The third-order valence-corrected chi connectivity index (χ3v) is 3.15. The van der Waals surface area contributed by atoms with Gasteiger partial charge in [-0.3, -0.25) is 4.79 Å². The largest absolute Gasteiger partial charge is 0.306 e. The molecule has 0 bridgehead atoms. The zero-order valence-electron chi connectivity index (χ0n) is 10.5. The number of rotatable bonds is 2. The van der Waals surface area contributed by atoms with Crippen LogP contribution in [-0.2, 0) is 0 Å². The number of hydrogen-bond donors (Lipinski definition) is 1. The molecule has 2 rings (SSSR count). The van der Waals surface area contributed by atoms with Crippen LogP contribution in [0.25, 0.3) is 0 Å². The van der Waals surface area contributed by atoms with Crippen LogP contribution in [0.5, 0.6) is 0 Å². The van der Waals surface area contributed by atoms with Crippen molar-refractivity contribution in [3.05, 3.63) is 57.4 Å². The summed E-state index contributed by atoms with van der Waals surface area (Å²) in [4.78, 5) is 16.2. The quantitative estimate of drug-likeness (QED) is 0.912. The lowest BCUT2D eigenvalue weighted by Crippen LogP contribution is -2.15. The monoisotopic (exact) mass is 322 g/mol. The highest BCUT2D eigenvalue weighted by Gasteiger charge is 2.12. The minimum atomic E-state index is -0.434. The molecule has 1 aromatic heterocycles. The first-order chi connectivity index (χ1) is 8.97. The zero-order valence-corrected chi connectivity index (χ0v) is 12.1. The van der Waals surface area contributed by atoms with Crippen molar-refractivity contribution in [1.29, 1.82) is 0 Å². The number of pyridine rings is 1. The lowest BCUT2D eigenvalue weighted by molar-refractivity contribution is 0.102. The number of aryl methyl sites for hydroxylation is 2. The molecular weight excluding hydrogens is 311 g/mol. The summed E-state index contributed by atoms with van der Waals surface area (Å²) in [6.45, 7) is 3.60. The Morgan fingerprint density at radius 3 is 2.68 bits per heavy atom. The smallest absolute Gasteiger partial charge is 0.257 e. The van der Waals surface area contributed by atoms with Crippen LogP contribution in [0.4, 0.5) is 10.2 Å². The first-order valence-corrected chi connectivity index (χ1v) is 6.46. The summed E-state index contributed by atoms with van der Waals surface area (Å²) in [5.74, 6) is -0.331. The topological polar surface area (TPSA) is 42.0 Å². The maximum absolute atomic E-state index is 13.2. The van der Waals surface area contributed by atoms with Gasteiger partial charge in [-0.25, -0.2) is 9.37 Å². The molecule has 1 aromatic carbocycles. The minimum absolute atomic E-state index is 0.309. The summed E-state index contributed by atoms with van der Waals surface area (Å²) < 4.78 is 14.0. The molecule has 98 valence electrons. The van der Waals surface area contributed by atoms with Gasteiger partial charge in [0.05, 0.1) is 0 Å². The van der Waals surface area contributed by atoms with Gasteiger partial charge in [0.1, 0.15) is 11.6 Å². The average Bonchev–Trinajstić information content (AvgIpc) is 2.35. The fourth-order valence-corrected chi connectivity index (χ4v) is 2.13. The molecule has 19 heavy (non-hydrogen) atoms. The van der Waals surface area contributed by atoms with Crippen LogP contribution in [-0.4, -0.2) is 10.9 Å². The van der Waals surface area contributed by atoms with Crippen LogP contribution < -0.4 is 5.32 Å². The molecule has 1 N–H and O–H groups in total. The van der Waals surface area contributed by atoms with Gasteiger partial charge in [-0.15, -0.1) is 0 Å². The molecule has 5 heteroatoms. The lowest BCUT2D eigenvalue weighted by Gasteiger charge is -2.09. The van der Waals surface area contributed by atoms with Crippen LogP contribution >= 0.6 is 15.9 Å². The SMILES string of the molecule is Cc1ccc(F)cc1C(=O)Nc1ncc(Br)cc1C. The first-order valence-electron chi connectivity index (χ1n) is 5.67. The summed E-state index contributed by atoms with van der Waals surface area (Å²) in [6, 6.07) is 5.97. The van der Waals surface area contributed by atoms with Crippen molar-refractivity contribution in [1.82, 2.24) is 4.98 Å². The Bertz CT molecular complexity index is 643. The predicted octanol–water partition coefficient (Wildman–Crippen LogP) is 3.85. The number of halogens is 2. The number of aromatic nitrogens is 1. The summed E-state index contributed by atoms with van der Waals surface area (Å²) in [6.07, 6.45) is 1.60. The van der Waals surface area contributed by atoms with Crippen LogP contribution in [0.2, 0.25) is 0 Å². The molecule has 1 amide bonds. The van der Waals surface area contributed by atoms with Crippen LogP contribution in [0.1, 0.15) is 21.5 Å². The van der Waals surface area contributed by atoms with Gasteiger partial charge >= 0.3 is 0 Å². The summed E-state index contributed by atoms with van der Waals surface area (Å²) >= 11 is 3.30. The fraction of sp³-hybridized carbons (Fsp3) is 0.143. The number of nitrogens with one attached hydrogen (secondary N) is 1. The number of anilines is 1. The van der Waals surface area contributed by atoms with E-state index in [4.69, 9.17) is 0 Å². The predicted molar refractivity (Wildman–Crippen MR) is 75.8 cm³/mol. The molecule has 0 fully saturated rings. The molecule has 0 unspecified atom stereocenters. The number of nitrogens with zero attached hydrogens (tertiary/aromatic N) is 1. The molecule has 0 radical (unpaired) electrons. The molecule has 3 nitrogen and oxygen atoms in total. The summed E-state index contributed by atoms with van der Waals surface area (Å²) in [7, 11) is 0. The molecule has 0 aliphatic heterocycles. The first kappa shape index (κ1) is 13.7. The van der Waals surface area contributed by atoms with Crippen LogP contribution in [0.3, 0.4) is 0 Å². The second-order valence-corrected chi connectivity index (χ2v) is 5.15. The average molecular weight is 323 g/mol. The highest BCUT2D eigenvalue weighted by atomic mass is 79.9. The van der Waals surface area contributed by atoms with Crippen molar-refractivity contribution in [2.45, 2.75) is 13.8 Å². The zero-order chi connectivity index (χ0) is 14.0. The van der Waals surface area contributed by atoms with Crippen molar-refractivity contribution >= 4 is 27.7 Å². The number of carbonyl (C=O) groups excluding carboxylic acids is 1. The highest BCUT2D eigenvalue weighted by Crippen LogP contribution is 2.18. The summed E-state index contributed by atoms with van der Waals surface area (Å²) in [5.41, 5.74) is 1.86. The second-order valence-electron chi connectivity index (χ2n) is 4.23. The minimum Gasteiger partial charge on any atom is -0.306 e. The maximum Gasteiger partial charge on any atom is 0.257 e. The third-order valence-electron chi connectivity index (χ3n) is 2.72. The Kier molecular flexibility index (Phi) is 3.95. The molecule has 0 atom stereocenters. The lowest BCUT2D eigenvalue weighted by atomic mass is 10.1. The van der Waals surface area contributed by atoms with Gasteiger partial charge in [0.15, 0.2) is 0 Å². The Morgan fingerprint density at radius 2 is 2.00 bits per heavy atom. The van der Waals surface area contributed by atoms with E-state index in [0.29, 0.717) is 16.9 Å². The molecule has 0 saturated carbocycles.